The Balaban J connectivity index is 1.92. The SMILES string of the molecule is Nc1nc(N)nc(CCN2CCCC2)n1. The topological polar surface area (TPSA) is 93.9 Å². The summed E-state index contributed by atoms with van der Waals surface area (Å²) in [4.78, 5) is 14.2. The van der Waals surface area contributed by atoms with Gasteiger partial charge in [0, 0.05) is 13.0 Å². The van der Waals surface area contributed by atoms with E-state index in [1.165, 1.54) is 25.9 Å². The first kappa shape index (κ1) is 10.1. The second-order valence-corrected chi connectivity index (χ2v) is 3.77. The summed E-state index contributed by atoms with van der Waals surface area (Å²) in [5, 5.41) is 0. The first-order valence-electron chi connectivity index (χ1n) is 5.22. The third-order valence-electron chi connectivity index (χ3n) is 2.57. The van der Waals surface area contributed by atoms with Crippen molar-refractivity contribution in [3.8, 4) is 0 Å². The van der Waals surface area contributed by atoms with Gasteiger partial charge in [-0.15, -0.1) is 0 Å². The van der Waals surface area contributed by atoms with Crippen LogP contribution in [0.1, 0.15) is 18.7 Å². The lowest BCUT2D eigenvalue weighted by molar-refractivity contribution is 0.341. The maximum Gasteiger partial charge on any atom is 0.225 e. The van der Waals surface area contributed by atoms with Crippen LogP contribution in [0.25, 0.3) is 0 Å². The predicted molar refractivity (Wildman–Crippen MR) is 58.0 cm³/mol. The quantitative estimate of drug-likeness (QED) is 0.706. The van der Waals surface area contributed by atoms with Crippen LogP contribution in [0.4, 0.5) is 11.9 Å². The molecule has 6 heteroatoms. The van der Waals surface area contributed by atoms with E-state index < -0.39 is 0 Å². The first-order chi connectivity index (χ1) is 7.24. The summed E-state index contributed by atoms with van der Waals surface area (Å²) in [7, 11) is 0. The fourth-order valence-electron chi connectivity index (χ4n) is 1.83. The van der Waals surface area contributed by atoms with Gasteiger partial charge in [0.15, 0.2) is 0 Å². The summed E-state index contributed by atoms with van der Waals surface area (Å²) in [6.07, 6.45) is 3.37. The van der Waals surface area contributed by atoms with Crippen LogP contribution in [0.5, 0.6) is 0 Å². The van der Waals surface area contributed by atoms with Gasteiger partial charge in [-0.1, -0.05) is 0 Å². The van der Waals surface area contributed by atoms with Crippen LogP contribution in [-0.2, 0) is 6.42 Å². The summed E-state index contributed by atoms with van der Waals surface area (Å²) in [6, 6.07) is 0. The Hall–Kier alpha value is -1.43. The summed E-state index contributed by atoms with van der Waals surface area (Å²) in [5.74, 6) is 1.10. The molecule has 1 aromatic rings. The Morgan fingerprint density at radius 1 is 1.00 bits per heavy atom. The van der Waals surface area contributed by atoms with Crippen molar-refractivity contribution >= 4 is 11.9 Å². The molecule has 15 heavy (non-hydrogen) atoms. The number of hydrogen-bond donors (Lipinski definition) is 2. The van der Waals surface area contributed by atoms with Crippen LogP contribution in [0.15, 0.2) is 0 Å². The lowest BCUT2D eigenvalue weighted by Crippen LogP contribution is -2.23. The van der Waals surface area contributed by atoms with Gasteiger partial charge in [0.25, 0.3) is 0 Å². The molecule has 2 heterocycles. The first-order valence-corrected chi connectivity index (χ1v) is 5.22. The average molecular weight is 208 g/mol. The van der Waals surface area contributed by atoms with Crippen molar-refractivity contribution in [2.75, 3.05) is 31.1 Å². The zero-order chi connectivity index (χ0) is 10.7. The van der Waals surface area contributed by atoms with Gasteiger partial charge in [0.2, 0.25) is 11.9 Å². The van der Waals surface area contributed by atoms with Crippen molar-refractivity contribution in [3.05, 3.63) is 5.82 Å². The molecule has 0 unspecified atom stereocenters. The highest BCUT2D eigenvalue weighted by Gasteiger charge is 2.12. The zero-order valence-corrected chi connectivity index (χ0v) is 8.69. The largest absolute Gasteiger partial charge is 0.368 e. The molecule has 0 aromatic carbocycles. The van der Waals surface area contributed by atoms with Gasteiger partial charge >= 0.3 is 0 Å². The van der Waals surface area contributed by atoms with Crippen molar-refractivity contribution in [2.24, 2.45) is 0 Å². The Labute approximate surface area is 88.7 Å². The van der Waals surface area contributed by atoms with E-state index in [9.17, 15) is 0 Å². The molecular weight excluding hydrogens is 192 g/mol. The maximum atomic E-state index is 5.49. The van der Waals surface area contributed by atoms with Gasteiger partial charge in [-0.2, -0.15) is 15.0 Å². The highest BCUT2D eigenvalue weighted by molar-refractivity contribution is 5.25. The minimum absolute atomic E-state index is 0.207. The second kappa shape index (κ2) is 4.39. The third kappa shape index (κ3) is 2.76. The summed E-state index contributed by atoms with van der Waals surface area (Å²) in [5.41, 5.74) is 11.0. The van der Waals surface area contributed by atoms with Crippen LogP contribution in [0, 0.1) is 0 Å². The van der Waals surface area contributed by atoms with Gasteiger partial charge in [-0.05, 0) is 25.9 Å². The Morgan fingerprint density at radius 3 is 2.20 bits per heavy atom. The fourth-order valence-corrected chi connectivity index (χ4v) is 1.83. The normalized spacial score (nSPS) is 17.1. The fraction of sp³-hybridized carbons (Fsp3) is 0.667. The molecular formula is C9H16N6. The van der Waals surface area contributed by atoms with Crippen molar-refractivity contribution in [3.63, 3.8) is 0 Å². The minimum atomic E-state index is 0.207. The summed E-state index contributed by atoms with van der Waals surface area (Å²) in [6.45, 7) is 3.33. The number of aromatic nitrogens is 3. The Kier molecular flexibility index (Phi) is 2.96. The molecule has 0 amide bonds. The van der Waals surface area contributed by atoms with E-state index >= 15 is 0 Å². The highest BCUT2D eigenvalue weighted by Crippen LogP contribution is 2.08. The molecule has 6 nitrogen and oxygen atoms in total. The second-order valence-electron chi connectivity index (χ2n) is 3.77. The van der Waals surface area contributed by atoms with E-state index in [1.54, 1.807) is 0 Å². The molecule has 82 valence electrons. The molecule has 4 N–H and O–H groups in total. The summed E-state index contributed by atoms with van der Waals surface area (Å²) >= 11 is 0. The number of nitrogens with two attached hydrogens (primary N) is 2. The molecule has 1 aromatic heterocycles. The predicted octanol–water partition coefficient (Wildman–Crippen LogP) is -0.326. The van der Waals surface area contributed by atoms with Crippen molar-refractivity contribution in [2.45, 2.75) is 19.3 Å². The molecule has 2 rings (SSSR count). The smallest absolute Gasteiger partial charge is 0.225 e. The molecule has 1 saturated heterocycles. The van der Waals surface area contributed by atoms with Crippen molar-refractivity contribution in [1.29, 1.82) is 0 Å². The molecule has 0 radical (unpaired) electrons. The van der Waals surface area contributed by atoms with E-state index in [0.717, 1.165) is 13.0 Å². The van der Waals surface area contributed by atoms with Gasteiger partial charge < -0.3 is 16.4 Å². The number of anilines is 2. The Morgan fingerprint density at radius 2 is 1.60 bits per heavy atom. The highest BCUT2D eigenvalue weighted by atomic mass is 15.2. The molecule has 1 fully saturated rings. The van der Waals surface area contributed by atoms with Crippen LogP contribution >= 0.6 is 0 Å². The van der Waals surface area contributed by atoms with Gasteiger partial charge in [0.1, 0.15) is 5.82 Å². The van der Waals surface area contributed by atoms with E-state index in [0.29, 0.717) is 5.82 Å². The summed E-state index contributed by atoms with van der Waals surface area (Å²) < 4.78 is 0. The van der Waals surface area contributed by atoms with Crippen molar-refractivity contribution < 1.29 is 0 Å². The molecule has 0 atom stereocenters. The lowest BCUT2D eigenvalue weighted by atomic mass is 10.3. The van der Waals surface area contributed by atoms with Gasteiger partial charge in [-0.25, -0.2) is 0 Å². The number of likely N-dealkylation sites (tertiary alicyclic amines) is 1. The van der Waals surface area contributed by atoms with Crippen molar-refractivity contribution in [1.82, 2.24) is 19.9 Å². The molecule has 0 spiro atoms. The number of rotatable bonds is 3. The number of nitrogens with zero attached hydrogens (tertiary/aromatic N) is 4. The third-order valence-corrected chi connectivity index (χ3v) is 2.57. The van der Waals surface area contributed by atoms with Crippen LogP contribution < -0.4 is 11.5 Å². The zero-order valence-electron chi connectivity index (χ0n) is 8.69. The monoisotopic (exact) mass is 208 g/mol. The van der Waals surface area contributed by atoms with E-state index in [1.807, 2.05) is 0 Å². The van der Waals surface area contributed by atoms with Gasteiger partial charge in [0.05, 0.1) is 0 Å². The number of hydrogen-bond acceptors (Lipinski definition) is 6. The van der Waals surface area contributed by atoms with Crippen LogP contribution in [0.2, 0.25) is 0 Å². The standard InChI is InChI=1S/C9H16N6/c10-8-12-7(13-9(11)14-8)3-6-15-4-1-2-5-15/h1-6H2,(H4,10,11,12,13,14). The van der Waals surface area contributed by atoms with Crippen LogP contribution in [-0.4, -0.2) is 39.5 Å². The minimum Gasteiger partial charge on any atom is -0.368 e. The van der Waals surface area contributed by atoms with E-state index in [2.05, 4.69) is 19.9 Å². The van der Waals surface area contributed by atoms with E-state index in [4.69, 9.17) is 11.5 Å². The molecule has 0 aliphatic carbocycles. The maximum absolute atomic E-state index is 5.49. The van der Waals surface area contributed by atoms with E-state index in [-0.39, 0.29) is 11.9 Å². The van der Waals surface area contributed by atoms with Gasteiger partial charge in [-0.3, -0.25) is 0 Å². The molecule has 1 aliphatic heterocycles. The molecule has 0 bridgehead atoms. The molecule has 0 saturated carbocycles. The lowest BCUT2D eigenvalue weighted by Gasteiger charge is -2.13. The molecule has 1 aliphatic rings. The average Bonchev–Trinajstić information content (AvgIpc) is 2.65. The van der Waals surface area contributed by atoms with Crippen LogP contribution in [0.3, 0.4) is 0 Å². The Bertz CT molecular complexity index is 313. The number of nitrogen functional groups attached to an aromatic ring is 2.